The van der Waals surface area contributed by atoms with Crippen LogP contribution in [0.4, 0.5) is 0 Å². The van der Waals surface area contributed by atoms with Gasteiger partial charge in [-0.15, -0.1) is 0 Å². The lowest BCUT2D eigenvalue weighted by atomic mass is 10.7. The Morgan fingerprint density at radius 1 is 1.86 bits per heavy atom. The minimum Gasteiger partial charge on any atom is -0.374 e. The third-order valence-electron chi connectivity index (χ3n) is 0.408. The van der Waals surface area contributed by atoms with E-state index < -0.39 is 16.5 Å². The number of aliphatic hydroxyl groups is 1. The Bertz CT molecular complexity index is 90.2. The fraction of sp³-hybridized carbons (Fsp3) is 0.333. The van der Waals surface area contributed by atoms with Gasteiger partial charge in [-0.3, -0.25) is 0 Å². The molecular formula is C3H6O3S. The average molecular weight is 122 g/mol. The first kappa shape index (κ1) is 6.81. The van der Waals surface area contributed by atoms with Gasteiger partial charge in [0, 0.05) is 0 Å². The molecule has 2 atom stereocenters. The van der Waals surface area contributed by atoms with E-state index in [1.165, 1.54) is 0 Å². The van der Waals surface area contributed by atoms with Crippen molar-refractivity contribution < 1.29 is 13.9 Å². The van der Waals surface area contributed by atoms with Crippen molar-refractivity contribution in [3.63, 3.8) is 0 Å². The SMILES string of the molecule is C=CC(O)S(=O)O. The second-order valence-corrected chi connectivity index (χ2v) is 1.94. The van der Waals surface area contributed by atoms with Crippen molar-refractivity contribution in [3.05, 3.63) is 12.7 Å². The Morgan fingerprint density at radius 3 is 2.29 bits per heavy atom. The predicted molar refractivity (Wildman–Crippen MR) is 27.0 cm³/mol. The fourth-order valence-electron chi connectivity index (χ4n) is 0.0823. The highest BCUT2D eigenvalue weighted by Gasteiger charge is 2.01. The molecule has 4 heteroatoms. The molecule has 0 aliphatic heterocycles. The van der Waals surface area contributed by atoms with Gasteiger partial charge in [-0.25, -0.2) is 4.21 Å². The summed E-state index contributed by atoms with van der Waals surface area (Å²) in [5, 5.41) is 8.27. The van der Waals surface area contributed by atoms with Gasteiger partial charge < -0.3 is 9.66 Å². The van der Waals surface area contributed by atoms with E-state index in [2.05, 4.69) is 6.58 Å². The molecule has 2 N–H and O–H groups in total. The summed E-state index contributed by atoms with van der Waals surface area (Å²) in [6.07, 6.45) is 0.996. The van der Waals surface area contributed by atoms with Gasteiger partial charge in [0.15, 0.2) is 16.5 Å². The lowest BCUT2D eigenvalue weighted by molar-refractivity contribution is 0.291. The summed E-state index contributed by atoms with van der Waals surface area (Å²) in [7, 11) is 0. The molecule has 0 rings (SSSR count). The molecule has 0 fully saturated rings. The van der Waals surface area contributed by atoms with Crippen LogP contribution in [0.25, 0.3) is 0 Å². The zero-order chi connectivity index (χ0) is 5.86. The maximum atomic E-state index is 9.72. The van der Waals surface area contributed by atoms with Crippen molar-refractivity contribution in [2.24, 2.45) is 0 Å². The van der Waals surface area contributed by atoms with E-state index >= 15 is 0 Å². The van der Waals surface area contributed by atoms with Gasteiger partial charge in [-0.1, -0.05) is 6.58 Å². The monoisotopic (exact) mass is 122 g/mol. The number of aliphatic hydroxyl groups excluding tert-OH is 1. The van der Waals surface area contributed by atoms with Gasteiger partial charge in [-0.2, -0.15) is 0 Å². The van der Waals surface area contributed by atoms with E-state index in [0.29, 0.717) is 0 Å². The summed E-state index contributed by atoms with van der Waals surface area (Å²) in [5.41, 5.74) is -1.31. The molecule has 0 amide bonds. The van der Waals surface area contributed by atoms with Crippen LogP contribution in [-0.2, 0) is 11.1 Å². The molecular weight excluding hydrogens is 116 g/mol. The summed E-state index contributed by atoms with van der Waals surface area (Å²) in [6.45, 7) is 3.08. The van der Waals surface area contributed by atoms with E-state index in [-0.39, 0.29) is 0 Å². The van der Waals surface area contributed by atoms with E-state index in [4.69, 9.17) is 9.66 Å². The molecule has 42 valence electrons. The fourth-order valence-corrected chi connectivity index (χ4v) is 0.247. The second kappa shape index (κ2) is 2.90. The first-order chi connectivity index (χ1) is 3.18. The Balaban J connectivity index is 3.55. The largest absolute Gasteiger partial charge is 0.374 e. The van der Waals surface area contributed by atoms with Gasteiger partial charge in [0.2, 0.25) is 0 Å². The number of rotatable bonds is 2. The Labute approximate surface area is 44.0 Å². The van der Waals surface area contributed by atoms with Crippen LogP contribution in [0.2, 0.25) is 0 Å². The maximum absolute atomic E-state index is 9.72. The molecule has 0 spiro atoms. The quantitative estimate of drug-likeness (QED) is 0.391. The van der Waals surface area contributed by atoms with Gasteiger partial charge in [0.25, 0.3) is 0 Å². The Kier molecular flexibility index (Phi) is 2.82. The third kappa shape index (κ3) is 2.50. The van der Waals surface area contributed by atoms with E-state index in [0.717, 1.165) is 6.08 Å². The van der Waals surface area contributed by atoms with Crippen molar-refractivity contribution >= 4 is 11.1 Å². The zero-order valence-corrected chi connectivity index (χ0v) is 4.39. The van der Waals surface area contributed by atoms with Crippen LogP contribution in [0, 0.1) is 0 Å². The maximum Gasteiger partial charge on any atom is 0.186 e. The lowest BCUT2D eigenvalue weighted by Crippen LogP contribution is -2.08. The number of hydrogen-bond acceptors (Lipinski definition) is 2. The molecule has 0 radical (unpaired) electrons. The highest BCUT2D eigenvalue weighted by atomic mass is 32.2. The second-order valence-electron chi connectivity index (χ2n) is 0.902. The average Bonchev–Trinajstić information content (AvgIpc) is 1.65. The van der Waals surface area contributed by atoms with Crippen LogP contribution in [0.1, 0.15) is 0 Å². The molecule has 0 aromatic heterocycles. The van der Waals surface area contributed by atoms with Gasteiger partial charge in [0.05, 0.1) is 0 Å². The normalized spacial score (nSPS) is 18.0. The van der Waals surface area contributed by atoms with Gasteiger partial charge in [-0.05, 0) is 6.08 Å². The van der Waals surface area contributed by atoms with Crippen molar-refractivity contribution in [2.75, 3.05) is 0 Å². The van der Waals surface area contributed by atoms with Crippen LogP contribution >= 0.6 is 0 Å². The summed E-state index contributed by atoms with van der Waals surface area (Å²) < 4.78 is 17.7. The Morgan fingerprint density at radius 2 is 2.29 bits per heavy atom. The molecule has 0 aromatic carbocycles. The van der Waals surface area contributed by atoms with Gasteiger partial charge in [0.1, 0.15) is 0 Å². The first-order valence-electron chi connectivity index (χ1n) is 1.58. The van der Waals surface area contributed by atoms with E-state index in [9.17, 15) is 4.21 Å². The Hall–Kier alpha value is -0.190. The van der Waals surface area contributed by atoms with E-state index in [1.807, 2.05) is 0 Å². The molecule has 2 unspecified atom stereocenters. The first-order valence-corrected chi connectivity index (χ1v) is 2.75. The summed E-state index contributed by atoms with van der Waals surface area (Å²) >= 11 is -2.17. The van der Waals surface area contributed by atoms with Crippen molar-refractivity contribution in [1.29, 1.82) is 0 Å². The topological polar surface area (TPSA) is 57.5 Å². The van der Waals surface area contributed by atoms with Crippen molar-refractivity contribution in [1.82, 2.24) is 0 Å². The molecule has 3 nitrogen and oxygen atoms in total. The molecule has 7 heavy (non-hydrogen) atoms. The zero-order valence-electron chi connectivity index (χ0n) is 3.57. The van der Waals surface area contributed by atoms with Crippen molar-refractivity contribution in [2.45, 2.75) is 5.44 Å². The third-order valence-corrected chi connectivity index (χ3v) is 1.01. The van der Waals surface area contributed by atoms with Crippen LogP contribution < -0.4 is 0 Å². The molecule has 0 aliphatic carbocycles. The van der Waals surface area contributed by atoms with E-state index in [1.54, 1.807) is 0 Å². The molecule has 0 heterocycles. The minimum atomic E-state index is -2.17. The molecule has 0 aliphatic rings. The molecule has 0 bridgehead atoms. The lowest BCUT2D eigenvalue weighted by Gasteiger charge is -1.93. The van der Waals surface area contributed by atoms with Crippen LogP contribution in [0.3, 0.4) is 0 Å². The summed E-state index contributed by atoms with van der Waals surface area (Å²) in [4.78, 5) is 0. The summed E-state index contributed by atoms with van der Waals surface area (Å²) in [5.74, 6) is 0. The standard InChI is InChI=1S/C3H6O3S/c1-2-3(4)7(5)6/h2-4H,1H2,(H,5,6). The van der Waals surface area contributed by atoms with Gasteiger partial charge >= 0.3 is 0 Å². The van der Waals surface area contributed by atoms with Crippen molar-refractivity contribution in [3.8, 4) is 0 Å². The minimum absolute atomic E-state index is 0.996. The molecule has 0 aromatic rings. The highest BCUT2D eigenvalue weighted by molar-refractivity contribution is 7.79. The van der Waals surface area contributed by atoms with Crippen LogP contribution in [-0.4, -0.2) is 19.3 Å². The predicted octanol–water partition coefficient (Wildman–Crippen LogP) is -0.287. The van der Waals surface area contributed by atoms with Crippen LogP contribution in [0.15, 0.2) is 12.7 Å². The van der Waals surface area contributed by atoms with Crippen LogP contribution in [0.5, 0.6) is 0 Å². The molecule has 0 saturated heterocycles. The highest BCUT2D eigenvalue weighted by Crippen LogP contribution is 1.85. The molecule has 0 saturated carbocycles. The number of hydrogen-bond donors (Lipinski definition) is 2. The summed E-state index contributed by atoms with van der Waals surface area (Å²) in [6, 6.07) is 0. The smallest absolute Gasteiger partial charge is 0.186 e.